The van der Waals surface area contributed by atoms with Gasteiger partial charge in [0.2, 0.25) is 0 Å². The molecule has 0 rings (SSSR count). The molecule has 0 heterocycles. The quantitative estimate of drug-likeness (QED) is 0.629. The van der Waals surface area contributed by atoms with Gasteiger partial charge in [0, 0.05) is 13.3 Å². The first-order valence-corrected chi connectivity index (χ1v) is 3.71. The standard InChI is InChI=1S/C8H16O3/c1-6(11-7(2)9)5-8(3,4)10/h6,10H,5H2,1-4H3. The molecule has 0 aromatic carbocycles. The maximum atomic E-state index is 10.4. The highest BCUT2D eigenvalue weighted by Crippen LogP contribution is 2.12. The maximum absolute atomic E-state index is 10.4. The van der Waals surface area contributed by atoms with Crippen molar-refractivity contribution in [3.8, 4) is 0 Å². The average Bonchev–Trinajstić information content (AvgIpc) is 1.53. The van der Waals surface area contributed by atoms with E-state index in [4.69, 9.17) is 4.74 Å². The van der Waals surface area contributed by atoms with Gasteiger partial charge in [0.25, 0.3) is 0 Å². The van der Waals surface area contributed by atoms with E-state index in [2.05, 4.69) is 0 Å². The first-order chi connectivity index (χ1) is 4.81. The Kier molecular flexibility index (Phi) is 3.52. The van der Waals surface area contributed by atoms with Crippen molar-refractivity contribution >= 4 is 5.97 Å². The number of carbonyl (C=O) groups is 1. The summed E-state index contributed by atoms with van der Waals surface area (Å²) < 4.78 is 4.83. The van der Waals surface area contributed by atoms with E-state index in [-0.39, 0.29) is 12.1 Å². The van der Waals surface area contributed by atoms with E-state index in [0.29, 0.717) is 6.42 Å². The fourth-order valence-electron chi connectivity index (χ4n) is 1.03. The van der Waals surface area contributed by atoms with Crippen LogP contribution in [0, 0.1) is 0 Å². The predicted molar refractivity (Wildman–Crippen MR) is 42.1 cm³/mol. The highest BCUT2D eigenvalue weighted by atomic mass is 16.5. The number of ether oxygens (including phenoxy) is 1. The van der Waals surface area contributed by atoms with Crippen molar-refractivity contribution in [2.45, 2.75) is 45.8 Å². The van der Waals surface area contributed by atoms with Gasteiger partial charge in [0.05, 0.1) is 5.60 Å². The van der Waals surface area contributed by atoms with Crippen LogP contribution in [-0.4, -0.2) is 22.8 Å². The number of carbonyl (C=O) groups excluding carboxylic acids is 1. The minimum absolute atomic E-state index is 0.215. The first-order valence-electron chi connectivity index (χ1n) is 3.71. The van der Waals surface area contributed by atoms with E-state index < -0.39 is 5.60 Å². The van der Waals surface area contributed by atoms with Crippen molar-refractivity contribution in [3.63, 3.8) is 0 Å². The number of esters is 1. The molecule has 1 unspecified atom stereocenters. The Bertz CT molecular complexity index is 135. The van der Waals surface area contributed by atoms with E-state index in [1.165, 1.54) is 6.92 Å². The molecule has 0 aromatic rings. The predicted octanol–water partition coefficient (Wildman–Crippen LogP) is 1.10. The minimum Gasteiger partial charge on any atom is -0.463 e. The molecule has 3 heteroatoms. The number of hydrogen-bond donors (Lipinski definition) is 1. The van der Waals surface area contributed by atoms with Crippen LogP contribution in [0.1, 0.15) is 34.1 Å². The van der Waals surface area contributed by atoms with E-state index in [9.17, 15) is 9.90 Å². The van der Waals surface area contributed by atoms with E-state index >= 15 is 0 Å². The lowest BCUT2D eigenvalue weighted by atomic mass is 10.0. The second kappa shape index (κ2) is 3.72. The third kappa shape index (κ3) is 7.33. The summed E-state index contributed by atoms with van der Waals surface area (Å²) >= 11 is 0. The van der Waals surface area contributed by atoms with E-state index in [1.54, 1.807) is 20.8 Å². The van der Waals surface area contributed by atoms with Crippen molar-refractivity contribution in [2.75, 3.05) is 0 Å². The van der Waals surface area contributed by atoms with Gasteiger partial charge in [-0.15, -0.1) is 0 Å². The van der Waals surface area contributed by atoms with Crippen LogP contribution in [0.15, 0.2) is 0 Å². The number of aliphatic hydroxyl groups is 1. The van der Waals surface area contributed by atoms with Gasteiger partial charge in [-0.3, -0.25) is 4.79 Å². The molecule has 0 saturated carbocycles. The Morgan fingerprint density at radius 3 is 2.36 bits per heavy atom. The highest BCUT2D eigenvalue weighted by Gasteiger charge is 2.18. The molecule has 0 aliphatic heterocycles. The molecule has 0 aliphatic carbocycles. The van der Waals surface area contributed by atoms with Gasteiger partial charge in [0.15, 0.2) is 0 Å². The molecule has 0 amide bonds. The zero-order chi connectivity index (χ0) is 9.07. The summed E-state index contributed by atoms with van der Waals surface area (Å²) in [6, 6.07) is 0. The molecule has 1 atom stereocenters. The Labute approximate surface area is 67.4 Å². The van der Waals surface area contributed by atoms with E-state index in [1.807, 2.05) is 0 Å². The van der Waals surface area contributed by atoms with Crippen molar-refractivity contribution < 1.29 is 14.6 Å². The van der Waals surface area contributed by atoms with Crippen LogP contribution in [-0.2, 0) is 9.53 Å². The smallest absolute Gasteiger partial charge is 0.302 e. The van der Waals surface area contributed by atoms with Gasteiger partial charge in [-0.05, 0) is 20.8 Å². The summed E-state index contributed by atoms with van der Waals surface area (Å²) in [6.45, 7) is 6.50. The van der Waals surface area contributed by atoms with Crippen molar-refractivity contribution in [2.24, 2.45) is 0 Å². The SMILES string of the molecule is CC(=O)OC(C)CC(C)(C)O. The molecule has 0 aromatic heterocycles. The van der Waals surface area contributed by atoms with Crippen LogP contribution in [0.2, 0.25) is 0 Å². The van der Waals surface area contributed by atoms with Crippen LogP contribution < -0.4 is 0 Å². The van der Waals surface area contributed by atoms with Gasteiger partial charge >= 0.3 is 5.97 Å². The van der Waals surface area contributed by atoms with Crippen LogP contribution in [0.4, 0.5) is 0 Å². The van der Waals surface area contributed by atoms with E-state index in [0.717, 1.165) is 0 Å². The minimum atomic E-state index is -0.769. The van der Waals surface area contributed by atoms with Crippen molar-refractivity contribution in [1.82, 2.24) is 0 Å². The summed E-state index contributed by atoms with van der Waals surface area (Å²) in [7, 11) is 0. The summed E-state index contributed by atoms with van der Waals surface area (Å²) in [5, 5.41) is 9.31. The molecule has 0 saturated heterocycles. The lowest BCUT2D eigenvalue weighted by Crippen LogP contribution is -2.27. The summed E-state index contributed by atoms with van der Waals surface area (Å²) in [6.07, 6.45) is 0.250. The third-order valence-electron chi connectivity index (χ3n) is 1.15. The zero-order valence-corrected chi connectivity index (χ0v) is 7.55. The molecular weight excluding hydrogens is 144 g/mol. The lowest BCUT2D eigenvalue weighted by molar-refractivity contribution is -0.147. The normalized spacial score (nSPS) is 14.3. The Balaban J connectivity index is 3.69. The maximum Gasteiger partial charge on any atom is 0.302 e. The molecule has 66 valence electrons. The Morgan fingerprint density at radius 1 is 1.64 bits per heavy atom. The molecule has 0 radical (unpaired) electrons. The summed E-state index contributed by atoms with van der Waals surface area (Å²) in [4.78, 5) is 10.4. The van der Waals surface area contributed by atoms with Crippen molar-refractivity contribution in [1.29, 1.82) is 0 Å². The monoisotopic (exact) mass is 160 g/mol. The first kappa shape index (κ1) is 10.4. The molecule has 3 nitrogen and oxygen atoms in total. The largest absolute Gasteiger partial charge is 0.463 e. The van der Waals surface area contributed by atoms with Gasteiger partial charge < -0.3 is 9.84 Å². The zero-order valence-electron chi connectivity index (χ0n) is 7.55. The molecule has 0 spiro atoms. The number of hydrogen-bond acceptors (Lipinski definition) is 3. The fraction of sp³-hybridized carbons (Fsp3) is 0.875. The molecule has 0 fully saturated rings. The van der Waals surface area contributed by atoms with Gasteiger partial charge in [-0.2, -0.15) is 0 Å². The lowest BCUT2D eigenvalue weighted by Gasteiger charge is -2.21. The third-order valence-corrected chi connectivity index (χ3v) is 1.15. The van der Waals surface area contributed by atoms with Gasteiger partial charge in [-0.1, -0.05) is 0 Å². The van der Waals surface area contributed by atoms with Crippen LogP contribution in [0.5, 0.6) is 0 Å². The second-order valence-corrected chi connectivity index (χ2v) is 3.44. The summed E-state index contributed by atoms with van der Waals surface area (Å²) in [5.74, 6) is -0.304. The summed E-state index contributed by atoms with van der Waals surface area (Å²) in [5.41, 5.74) is -0.769. The molecule has 0 bridgehead atoms. The van der Waals surface area contributed by atoms with Gasteiger partial charge in [0.1, 0.15) is 6.10 Å². The van der Waals surface area contributed by atoms with Crippen LogP contribution >= 0.6 is 0 Å². The second-order valence-electron chi connectivity index (χ2n) is 3.44. The van der Waals surface area contributed by atoms with Crippen LogP contribution in [0.25, 0.3) is 0 Å². The molecule has 1 N–H and O–H groups in total. The average molecular weight is 160 g/mol. The Hall–Kier alpha value is -0.570. The molecule has 11 heavy (non-hydrogen) atoms. The van der Waals surface area contributed by atoms with Crippen molar-refractivity contribution in [3.05, 3.63) is 0 Å². The molecule has 0 aliphatic rings. The van der Waals surface area contributed by atoms with Crippen LogP contribution in [0.3, 0.4) is 0 Å². The number of rotatable bonds is 3. The molecular formula is C8H16O3. The highest BCUT2D eigenvalue weighted by molar-refractivity contribution is 5.66. The topological polar surface area (TPSA) is 46.5 Å². The Morgan fingerprint density at radius 2 is 2.09 bits per heavy atom. The fourth-order valence-corrected chi connectivity index (χ4v) is 1.03. The van der Waals surface area contributed by atoms with Gasteiger partial charge in [-0.25, -0.2) is 0 Å².